The predicted octanol–water partition coefficient (Wildman–Crippen LogP) is 3.29. The summed E-state index contributed by atoms with van der Waals surface area (Å²) < 4.78 is 0. The van der Waals surface area contributed by atoms with Gasteiger partial charge in [-0.15, -0.1) is 22.9 Å². The number of halogens is 1. The van der Waals surface area contributed by atoms with Gasteiger partial charge in [0, 0.05) is 35.4 Å². The second-order valence-electron chi connectivity index (χ2n) is 3.83. The van der Waals surface area contributed by atoms with Crippen LogP contribution in [0.4, 0.5) is 10.8 Å². The molecule has 0 aliphatic carbocycles. The van der Waals surface area contributed by atoms with Crippen LogP contribution in [0.1, 0.15) is 6.42 Å². The number of nitrogens with zero attached hydrogens (tertiary/aromatic N) is 2. The van der Waals surface area contributed by atoms with Crippen LogP contribution in [-0.4, -0.2) is 21.7 Å². The molecule has 0 aliphatic heterocycles. The Labute approximate surface area is 123 Å². The van der Waals surface area contributed by atoms with Crippen LogP contribution in [0, 0.1) is 10.1 Å². The number of thiazole rings is 1. The number of hydrogen-bond donors (Lipinski definition) is 1. The van der Waals surface area contributed by atoms with Gasteiger partial charge in [-0.1, -0.05) is 12.1 Å². The lowest BCUT2D eigenvalue weighted by atomic mass is 10.1. The number of nitro benzene ring substituents is 1. The molecular weight excluding hydrogens is 302 g/mol. The van der Waals surface area contributed by atoms with Crippen molar-refractivity contribution in [2.75, 3.05) is 11.2 Å². The first-order valence-electron chi connectivity index (χ1n) is 5.66. The van der Waals surface area contributed by atoms with Gasteiger partial charge in [0.15, 0.2) is 5.13 Å². The average Bonchev–Trinajstić information content (AvgIpc) is 2.87. The number of nitro groups is 1. The third kappa shape index (κ3) is 3.52. The second kappa shape index (κ2) is 6.44. The molecule has 2 aromatic rings. The second-order valence-corrected chi connectivity index (χ2v) is 5.07. The Kier molecular flexibility index (Phi) is 4.65. The van der Waals surface area contributed by atoms with Crippen molar-refractivity contribution in [2.24, 2.45) is 0 Å². The number of carbonyl (C=O) groups excluding carboxylic acids is 1. The SMILES string of the molecule is O=C(CCCl)Nc1nc(-c2cccc([N+](=O)[O-])c2)cs1. The zero-order valence-corrected chi connectivity index (χ0v) is 11.8. The Bertz CT molecular complexity index is 644. The van der Waals surface area contributed by atoms with Crippen molar-refractivity contribution in [3.8, 4) is 11.3 Å². The molecule has 104 valence electrons. The van der Waals surface area contributed by atoms with Gasteiger partial charge in [0.1, 0.15) is 0 Å². The Morgan fingerprint density at radius 3 is 3.00 bits per heavy atom. The summed E-state index contributed by atoms with van der Waals surface area (Å²) in [6.45, 7) is 0. The van der Waals surface area contributed by atoms with Crippen molar-refractivity contribution >= 4 is 39.7 Å². The summed E-state index contributed by atoms with van der Waals surface area (Å²) in [6, 6.07) is 6.18. The lowest BCUT2D eigenvalue weighted by Gasteiger charge is -1.98. The van der Waals surface area contributed by atoms with Crippen LogP contribution in [0.2, 0.25) is 0 Å². The molecule has 20 heavy (non-hydrogen) atoms. The van der Waals surface area contributed by atoms with E-state index in [-0.39, 0.29) is 23.9 Å². The first-order chi connectivity index (χ1) is 9.60. The summed E-state index contributed by atoms with van der Waals surface area (Å²) in [5.74, 6) is 0.0366. The quantitative estimate of drug-likeness (QED) is 0.521. The number of alkyl halides is 1. The van der Waals surface area contributed by atoms with Gasteiger partial charge in [-0.2, -0.15) is 0 Å². The minimum absolute atomic E-state index is 0.00299. The van der Waals surface area contributed by atoms with Crippen molar-refractivity contribution in [3.05, 3.63) is 39.8 Å². The molecular formula is C12H10ClN3O3S. The van der Waals surface area contributed by atoms with Gasteiger partial charge < -0.3 is 5.32 Å². The van der Waals surface area contributed by atoms with Crippen molar-refractivity contribution in [3.63, 3.8) is 0 Å². The molecule has 0 aliphatic rings. The summed E-state index contributed by atoms with van der Waals surface area (Å²) in [5, 5.41) is 15.5. The van der Waals surface area contributed by atoms with E-state index >= 15 is 0 Å². The first kappa shape index (κ1) is 14.4. The minimum atomic E-state index is -0.459. The van der Waals surface area contributed by atoms with Gasteiger partial charge in [0.05, 0.1) is 10.6 Å². The van der Waals surface area contributed by atoms with Crippen molar-refractivity contribution in [1.29, 1.82) is 0 Å². The van der Waals surface area contributed by atoms with Crippen LogP contribution in [0.15, 0.2) is 29.6 Å². The highest BCUT2D eigenvalue weighted by Crippen LogP contribution is 2.27. The fourth-order valence-corrected chi connectivity index (χ4v) is 2.42. The molecule has 0 saturated heterocycles. The number of amides is 1. The lowest BCUT2D eigenvalue weighted by molar-refractivity contribution is -0.384. The molecule has 8 heteroatoms. The summed E-state index contributed by atoms with van der Waals surface area (Å²) in [6.07, 6.45) is 0.216. The summed E-state index contributed by atoms with van der Waals surface area (Å²) in [4.78, 5) is 25.9. The summed E-state index contributed by atoms with van der Waals surface area (Å²) >= 11 is 6.73. The minimum Gasteiger partial charge on any atom is -0.302 e. The third-order valence-corrected chi connectivity index (χ3v) is 3.37. The van der Waals surface area contributed by atoms with E-state index in [0.717, 1.165) is 0 Å². The molecule has 0 atom stereocenters. The standard InChI is InChI=1S/C12H10ClN3O3S/c13-5-4-11(17)15-12-14-10(7-20-12)8-2-1-3-9(6-8)16(18)19/h1-3,6-7H,4-5H2,(H,14,15,17). The van der Waals surface area contributed by atoms with Gasteiger partial charge in [-0.05, 0) is 0 Å². The van der Waals surface area contributed by atoms with Gasteiger partial charge in [-0.25, -0.2) is 4.98 Å². The molecule has 0 radical (unpaired) electrons. The first-order valence-corrected chi connectivity index (χ1v) is 7.07. The molecule has 0 fully saturated rings. The number of nitrogens with one attached hydrogen (secondary N) is 1. The van der Waals surface area contributed by atoms with E-state index in [2.05, 4.69) is 10.3 Å². The maximum Gasteiger partial charge on any atom is 0.270 e. The van der Waals surface area contributed by atoms with Gasteiger partial charge in [-0.3, -0.25) is 14.9 Å². The Morgan fingerprint density at radius 1 is 1.50 bits per heavy atom. The Morgan fingerprint density at radius 2 is 2.30 bits per heavy atom. The normalized spacial score (nSPS) is 10.2. The molecule has 6 nitrogen and oxygen atoms in total. The van der Waals surface area contributed by atoms with E-state index < -0.39 is 4.92 Å². The van der Waals surface area contributed by atoms with Crippen LogP contribution in [0.3, 0.4) is 0 Å². The highest BCUT2D eigenvalue weighted by molar-refractivity contribution is 7.14. The van der Waals surface area contributed by atoms with Crippen LogP contribution >= 0.6 is 22.9 Å². The van der Waals surface area contributed by atoms with E-state index in [1.807, 2.05) is 0 Å². The largest absolute Gasteiger partial charge is 0.302 e. The molecule has 0 unspecified atom stereocenters. The summed E-state index contributed by atoms with van der Waals surface area (Å²) in [7, 11) is 0. The van der Waals surface area contributed by atoms with Crippen molar-refractivity contribution in [2.45, 2.75) is 6.42 Å². The number of anilines is 1. The van der Waals surface area contributed by atoms with Gasteiger partial charge in [0.25, 0.3) is 5.69 Å². The monoisotopic (exact) mass is 311 g/mol. The Balaban J connectivity index is 2.18. The van der Waals surface area contributed by atoms with E-state index in [1.165, 1.54) is 23.5 Å². The molecule has 1 amide bonds. The number of carbonyl (C=O) groups is 1. The highest BCUT2D eigenvalue weighted by atomic mass is 35.5. The Hall–Kier alpha value is -1.99. The molecule has 1 aromatic carbocycles. The van der Waals surface area contributed by atoms with Crippen LogP contribution in [0.25, 0.3) is 11.3 Å². The number of hydrogen-bond acceptors (Lipinski definition) is 5. The maximum atomic E-state index is 11.4. The van der Waals surface area contributed by atoms with Crippen molar-refractivity contribution < 1.29 is 9.72 Å². The molecule has 1 N–H and O–H groups in total. The fraction of sp³-hybridized carbons (Fsp3) is 0.167. The van der Waals surface area contributed by atoms with Gasteiger partial charge >= 0.3 is 0 Å². The maximum absolute atomic E-state index is 11.4. The van der Waals surface area contributed by atoms with E-state index in [9.17, 15) is 14.9 Å². The zero-order valence-electron chi connectivity index (χ0n) is 10.2. The van der Waals surface area contributed by atoms with E-state index in [1.54, 1.807) is 17.5 Å². The highest BCUT2D eigenvalue weighted by Gasteiger charge is 2.11. The van der Waals surface area contributed by atoms with Gasteiger partial charge in [0.2, 0.25) is 5.91 Å². The van der Waals surface area contributed by atoms with E-state index in [4.69, 9.17) is 11.6 Å². The van der Waals surface area contributed by atoms with E-state index in [0.29, 0.717) is 16.4 Å². The number of benzene rings is 1. The zero-order chi connectivity index (χ0) is 14.5. The molecule has 0 saturated carbocycles. The molecule has 2 rings (SSSR count). The number of rotatable bonds is 5. The van der Waals surface area contributed by atoms with Crippen molar-refractivity contribution in [1.82, 2.24) is 4.98 Å². The molecule has 0 spiro atoms. The number of non-ortho nitro benzene ring substituents is 1. The number of aromatic nitrogens is 1. The smallest absolute Gasteiger partial charge is 0.270 e. The molecule has 1 heterocycles. The van der Waals surface area contributed by atoms with Crippen LogP contribution in [-0.2, 0) is 4.79 Å². The molecule has 0 bridgehead atoms. The molecule has 1 aromatic heterocycles. The lowest BCUT2D eigenvalue weighted by Crippen LogP contribution is -2.11. The third-order valence-electron chi connectivity index (χ3n) is 2.42. The topological polar surface area (TPSA) is 85.1 Å². The predicted molar refractivity (Wildman–Crippen MR) is 78.2 cm³/mol. The average molecular weight is 312 g/mol. The summed E-state index contributed by atoms with van der Waals surface area (Å²) in [5.41, 5.74) is 1.22. The van der Waals surface area contributed by atoms with Crippen LogP contribution < -0.4 is 5.32 Å². The fourth-order valence-electron chi connectivity index (χ4n) is 1.51. The van der Waals surface area contributed by atoms with Crippen LogP contribution in [0.5, 0.6) is 0 Å².